The van der Waals surface area contributed by atoms with Crippen LogP contribution < -0.4 is 10.6 Å². The number of urea groups is 1. The number of halogens is 1. The highest BCUT2D eigenvalue weighted by atomic mass is 35.5. The topological polar surface area (TPSA) is 87.7 Å². The van der Waals surface area contributed by atoms with E-state index in [2.05, 4.69) is 10.6 Å². The largest absolute Gasteiger partial charge is 0.506 e. The molecular weight excluding hydrogens is 380 g/mol. The number of rotatable bonds is 6. The van der Waals surface area contributed by atoms with E-state index < -0.39 is 6.04 Å². The summed E-state index contributed by atoms with van der Waals surface area (Å²) < 4.78 is 5.42. The third-order valence-electron chi connectivity index (χ3n) is 5.71. The summed E-state index contributed by atoms with van der Waals surface area (Å²) in [5, 5.41) is 15.5. The summed E-state index contributed by atoms with van der Waals surface area (Å²) in [7, 11) is 1.73. The first kappa shape index (κ1) is 20.7. The van der Waals surface area contributed by atoms with Gasteiger partial charge in [0.05, 0.1) is 17.2 Å². The van der Waals surface area contributed by atoms with Crippen molar-refractivity contribution in [1.82, 2.24) is 10.6 Å². The predicted molar refractivity (Wildman–Crippen MR) is 107 cm³/mol. The molecule has 1 fully saturated rings. The van der Waals surface area contributed by atoms with E-state index in [0.29, 0.717) is 41.7 Å². The van der Waals surface area contributed by atoms with E-state index in [9.17, 15) is 14.7 Å². The summed E-state index contributed by atoms with van der Waals surface area (Å²) >= 11 is 6.06. The van der Waals surface area contributed by atoms with Crippen molar-refractivity contribution in [1.29, 1.82) is 0 Å². The zero-order chi connectivity index (χ0) is 20.3. The Bertz CT molecular complexity index is 785. The average molecular weight is 407 g/mol. The molecule has 3 rings (SSSR count). The molecule has 1 aromatic carbocycles. The monoisotopic (exact) mass is 406 g/mol. The molecule has 1 aliphatic carbocycles. The summed E-state index contributed by atoms with van der Waals surface area (Å²) in [5.41, 5.74) is 1.90. The summed E-state index contributed by atoms with van der Waals surface area (Å²) in [5.74, 6) is 0.332. The lowest BCUT2D eigenvalue weighted by atomic mass is 9.81. The number of Topliss-reactive ketones (excluding diaryl/α,β-unsaturated/α-hetero) is 1. The van der Waals surface area contributed by atoms with Crippen LogP contribution in [0.3, 0.4) is 0 Å². The smallest absolute Gasteiger partial charge is 0.319 e. The number of ketones is 1. The number of nitrogens with one attached hydrogen (secondary N) is 2. The highest BCUT2D eigenvalue weighted by molar-refractivity contribution is 6.32. The molecule has 1 saturated carbocycles. The van der Waals surface area contributed by atoms with Crippen molar-refractivity contribution in [3.05, 3.63) is 40.1 Å². The molecule has 7 heteroatoms. The van der Waals surface area contributed by atoms with Gasteiger partial charge in [0.15, 0.2) is 5.78 Å². The van der Waals surface area contributed by atoms with E-state index in [1.807, 2.05) is 6.92 Å². The molecular formula is C21H27ClN2O4. The summed E-state index contributed by atoms with van der Waals surface area (Å²) in [6.45, 7) is 1.92. The highest BCUT2D eigenvalue weighted by Crippen LogP contribution is 2.35. The maximum atomic E-state index is 13.3. The van der Waals surface area contributed by atoms with Gasteiger partial charge < -0.3 is 20.5 Å². The number of hydrogen-bond donors (Lipinski definition) is 3. The third kappa shape index (κ3) is 4.50. The molecule has 3 N–H and O–H groups in total. The van der Waals surface area contributed by atoms with Gasteiger partial charge in [0.2, 0.25) is 0 Å². The molecule has 1 atom stereocenters. The summed E-state index contributed by atoms with van der Waals surface area (Å²) in [6, 6.07) is 3.83. The number of carbonyl (C=O) groups is 2. The molecule has 28 heavy (non-hydrogen) atoms. The summed E-state index contributed by atoms with van der Waals surface area (Å²) in [6.07, 6.45) is 5.17. The van der Waals surface area contributed by atoms with Gasteiger partial charge in [-0.1, -0.05) is 24.6 Å². The fourth-order valence-corrected chi connectivity index (χ4v) is 4.31. The van der Waals surface area contributed by atoms with E-state index >= 15 is 0 Å². The number of aromatic hydroxyl groups is 1. The second kappa shape index (κ2) is 8.97. The maximum Gasteiger partial charge on any atom is 0.319 e. The zero-order valence-corrected chi connectivity index (χ0v) is 17.0. The van der Waals surface area contributed by atoms with Gasteiger partial charge in [-0.05, 0) is 55.7 Å². The lowest BCUT2D eigenvalue weighted by Gasteiger charge is -2.32. The fraction of sp³-hybridized carbons (Fsp3) is 0.524. The third-order valence-corrected chi connectivity index (χ3v) is 6.02. The number of carbonyl (C=O) groups excluding carboxylic acids is 2. The fourth-order valence-electron chi connectivity index (χ4n) is 4.12. The molecule has 0 spiro atoms. The minimum absolute atomic E-state index is 0.0341. The van der Waals surface area contributed by atoms with Crippen molar-refractivity contribution in [2.24, 2.45) is 5.92 Å². The van der Waals surface area contributed by atoms with Gasteiger partial charge in [-0.25, -0.2) is 4.79 Å². The van der Waals surface area contributed by atoms with Crippen LogP contribution in [0.15, 0.2) is 29.5 Å². The molecule has 6 nitrogen and oxygen atoms in total. The second-order valence-electron chi connectivity index (χ2n) is 7.49. The van der Waals surface area contributed by atoms with Crippen molar-refractivity contribution in [3.8, 4) is 5.75 Å². The van der Waals surface area contributed by atoms with Crippen molar-refractivity contribution in [2.45, 2.75) is 57.6 Å². The van der Waals surface area contributed by atoms with Gasteiger partial charge in [-0.15, -0.1) is 0 Å². The lowest BCUT2D eigenvalue weighted by molar-refractivity contribution is -0.117. The number of amides is 2. The van der Waals surface area contributed by atoms with E-state index in [4.69, 9.17) is 16.3 Å². The van der Waals surface area contributed by atoms with Crippen molar-refractivity contribution < 1.29 is 19.4 Å². The average Bonchev–Trinajstić information content (AvgIpc) is 2.69. The Labute approximate surface area is 170 Å². The van der Waals surface area contributed by atoms with Crippen LogP contribution in [-0.4, -0.2) is 30.1 Å². The molecule has 2 aliphatic rings. The standard InChI is InChI=1S/C21H27ClN2O4/c1-3-16-19(18(26)10-12-4-7-14(28-2)8-5-12)20(24-21(27)23-16)13-6-9-17(25)15(22)11-13/h6,9,11-12,14,20,25H,3-5,7-8,10H2,1-2H3,(H2,23,24,27)/t12?,14?,20-/m0/s1. The van der Waals surface area contributed by atoms with E-state index in [1.54, 1.807) is 19.2 Å². The van der Waals surface area contributed by atoms with Crippen LogP contribution in [0.2, 0.25) is 5.02 Å². The molecule has 1 aromatic rings. The van der Waals surface area contributed by atoms with Crippen LogP contribution in [-0.2, 0) is 9.53 Å². The van der Waals surface area contributed by atoms with Crippen LogP contribution in [0.25, 0.3) is 0 Å². The Morgan fingerprint density at radius 3 is 2.61 bits per heavy atom. The molecule has 1 heterocycles. The van der Waals surface area contributed by atoms with Gasteiger partial charge in [-0.3, -0.25) is 4.79 Å². The number of phenolic OH excluding ortho intramolecular Hbond substituents is 1. The molecule has 0 radical (unpaired) electrons. The number of allylic oxidation sites excluding steroid dienone is 1. The first-order valence-electron chi connectivity index (χ1n) is 9.77. The first-order chi connectivity index (χ1) is 13.4. The zero-order valence-electron chi connectivity index (χ0n) is 16.3. The van der Waals surface area contributed by atoms with Crippen molar-refractivity contribution >= 4 is 23.4 Å². The van der Waals surface area contributed by atoms with Gasteiger partial charge in [-0.2, -0.15) is 0 Å². The molecule has 0 aromatic heterocycles. The van der Waals surface area contributed by atoms with Gasteiger partial charge in [0.1, 0.15) is 5.75 Å². The van der Waals surface area contributed by atoms with E-state index in [-0.39, 0.29) is 22.6 Å². The van der Waals surface area contributed by atoms with E-state index in [0.717, 1.165) is 25.7 Å². The number of ether oxygens (including phenoxy) is 1. The Kier molecular flexibility index (Phi) is 6.62. The normalized spacial score (nSPS) is 25.2. The van der Waals surface area contributed by atoms with Gasteiger partial charge in [0.25, 0.3) is 0 Å². The SMILES string of the molecule is CCC1=C(C(=O)CC2CCC(OC)CC2)[C@H](c2ccc(O)c(Cl)c2)NC(=O)N1. The first-order valence-corrected chi connectivity index (χ1v) is 10.2. The maximum absolute atomic E-state index is 13.3. The quantitative estimate of drug-likeness (QED) is 0.659. The lowest BCUT2D eigenvalue weighted by Crippen LogP contribution is -2.45. The molecule has 152 valence electrons. The van der Waals surface area contributed by atoms with Crippen LogP contribution in [0.4, 0.5) is 4.79 Å². The number of phenols is 1. The Morgan fingerprint density at radius 1 is 1.29 bits per heavy atom. The predicted octanol–water partition coefficient (Wildman–Crippen LogP) is 4.23. The molecule has 0 saturated heterocycles. The van der Waals surface area contributed by atoms with Gasteiger partial charge >= 0.3 is 6.03 Å². The minimum atomic E-state index is -0.579. The van der Waals surface area contributed by atoms with Crippen LogP contribution >= 0.6 is 11.6 Å². The number of hydrogen-bond acceptors (Lipinski definition) is 4. The Hall–Kier alpha value is -2.05. The molecule has 0 bridgehead atoms. The van der Waals surface area contributed by atoms with Crippen molar-refractivity contribution in [2.75, 3.05) is 7.11 Å². The Morgan fingerprint density at radius 2 is 2.00 bits per heavy atom. The van der Waals surface area contributed by atoms with Crippen LogP contribution in [0.1, 0.15) is 57.1 Å². The minimum Gasteiger partial charge on any atom is -0.506 e. The molecule has 1 aliphatic heterocycles. The van der Waals surface area contributed by atoms with Gasteiger partial charge in [0, 0.05) is 24.8 Å². The molecule has 0 unspecified atom stereocenters. The highest BCUT2D eigenvalue weighted by Gasteiger charge is 2.33. The second-order valence-corrected chi connectivity index (χ2v) is 7.90. The number of benzene rings is 1. The molecule has 2 amide bonds. The Balaban J connectivity index is 1.85. The van der Waals surface area contributed by atoms with E-state index in [1.165, 1.54) is 6.07 Å². The van der Waals surface area contributed by atoms with Crippen LogP contribution in [0, 0.1) is 5.92 Å². The summed E-state index contributed by atoms with van der Waals surface area (Å²) in [4.78, 5) is 25.4. The number of methoxy groups -OCH3 is 1. The van der Waals surface area contributed by atoms with Crippen LogP contribution in [0.5, 0.6) is 5.75 Å². The van der Waals surface area contributed by atoms with Crippen molar-refractivity contribution in [3.63, 3.8) is 0 Å².